The van der Waals surface area contributed by atoms with Crippen LogP contribution in [0.1, 0.15) is 29.8 Å². The number of nitrogens with two attached hydrogens (primary N) is 1. The second-order valence-corrected chi connectivity index (χ2v) is 7.48. The molecule has 3 rings (SSSR count). The van der Waals surface area contributed by atoms with Crippen LogP contribution in [-0.2, 0) is 11.3 Å². The molecule has 1 fully saturated rings. The van der Waals surface area contributed by atoms with E-state index in [0.717, 1.165) is 18.7 Å². The maximum absolute atomic E-state index is 13.1. The molecule has 0 aliphatic carbocycles. The number of primary amides is 1. The zero-order valence-electron chi connectivity index (χ0n) is 16.7. The van der Waals surface area contributed by atoms with Crippen LogP contribution in [0.3, 0.4) is 0 Å². The normalized spacial score (nSPS) is 19.8. The molecule has 1 heterocycles. The monoisotopic (exact) mass is 399 g/mol. The second-order valence-electron chi connectivity index (χ2n) is 7.48. The van der Waals surface area contributed by atoms with Crippen molar-refractivity contribution < 1.29 is 18.7 Å². The summed E-state index contributed by atoms with van der Waals surface area (Å²) in [7, 11) is 0. The summed E-state index contributed by atoms with van der Waals surface area (Å²) in [5.41, 5.74) is 6.66. The van der Waals surface area contributed by atoms with Crippen molar-refractivity contribution in [2.45, 2.75) is 32.5 Å². The van der Waals surface area contributed by atoms with E-state index in [0.29, 0.717) is 17.9 Å². The number of halogens is 1. The Labute approximate surface area is 170 Å². The van der Waals surface area contributed by atoms with Crippen molar-refractivity contribution in [3.63, 3.8) is 0 Å². The van der Waals surface area contributed by atoms with Crippen molar-refractivity contribution in [3.8, 4) is 5.75 Å². The Morgan fingerprint density at radius 2 is 1.69 bits per heavy atom. The smallest absolute Gasteiger partial charge is 0.260 e. The van der Waals surface area contributed by atoms with E-state index in [2.05, 4.69) is 11.8 Å². The van der Waals surface area contributed by atoms with E-state index in [1.165, 1.54) is 12.1 Å². The molecule has 0 saturated carbocycles. The Kier molecular flexibility index (Phi) is 6.49. The molecular weight excluding hydrogens is 373 g/mol. The Balaban J connectivity index is 1.54. The van der Waals surface area contributed by atoms with Gasteiger partial charge in [-0.3, -0.25) is 14.5 Å². The molecular formula is C22H26FN3O3. The zero-order valence-corrected chi connectivity index (χ0v) is 16.7. The SMILES string of the molecule is CC1CN(C(=O)COc2ccc(C(N)=O)cc2)C(C)CN1Cc1ccc(F)cc1. The van der Waals surface area contributed by atoms with E-state index in [1.807, 2.05) is 11.8 Å². The highest BCUT2D eigenvalue weighted by Crippen LogP contribution is 2.19. The number of benzene rings is 2. The number of nitrogens with zero attached hydrogens (tertiary/aromatic N) is 2. The van der Waals surface area contributed by atoms with Crippen LogP contribution < -0.4 is 10.5 Å². The molecule has 1 saturated heterocycles. The average molecular weight is 399 g/mol. The van der Waals surface area contributed by atoms with E-state index in [9.17, 15) is 14.0 Å². The fourth-order valence-corrected chi connectivity index (χ4v) is 3.53. The number of hydrogen-bond acceptors (Lipinski definition) is 4. The van der Waals surface area contributed by atoms with Gasteiger partial charge in [0, 0.05) is 37.3 Å². The van der Waals surface area contributed by atoms with Crippen LogP contribution in [0, 0.1) is 5.82 Å². The maximum Gasteiger partial charge on any atom is 0.260 e. The van der Waals surface area contributed by atoms with Gasteiger partial charge in [-0.05, 0) is 55.8 Å². The minimum atomic E-state index is -0.506. The molecule has 0 aromatic heterocycles. The summed E-state index contributed by atoms with van der Waals surface area (Å²) in [5.74, 6) is -0.312. The first-order chi connectivity index (χ1) is 13.8. The van der Waals surface area contributed by atoms with Crippen LogP contribution in [0.5, 0.6) is 5.75 Å². The summed E-state index contributed by atoms with van der Waals surface area (Å²) in [6.07, 6.45) is 0. The lowest BCUT2D eigenvalue weighted by atomic mass is 10.1. The van der Waals surface area contributed by atoms with Gasteiger partial charge in [0.2, 0.25) is 5.91 Å². The third-order valence-electron chi connectivity index (χ3n) is 5.24. The standard InChI is InChI=1S/C22H26FN3O3/c1-15-12-26(16(2)11-25(15)13-17-3-7-19(23)8-4-17)21(27)14-29-20-9-5-18(6-10-20)22(24)28/h3-10,15-16H,11-14H2,1-2H3,(H2,24,28). The van der Waals surface area contributed by atoms with E-state index in [4.69, 9.17) is 10.5 Å². The first-order valence-electron chi connectivity index (χ1n) is 9.64. The summed E-state index contributed by atoms with van der Waals surface area (Å²) < 4.78 is 18.7. The number of rotatable bonds is 6. The maximum atomic E-state index is 13.1. The van der Waals surface area contributed by atoms with Gasteiger partial charge >= 0.3 is 0 Å². The zero-order chi connectivity index (χ0) is 21.0. The number of carbonyl (C=O) groups excluding carboxylic acids is 2. The third kappa shape index (κ3) is 5.32. The van der Waals surface area contributed by atoms with Crippen molar-refractivity contribution in [3.05, 3.63) is 65.5 Å². The Morgan fingerprint density at radius 3 is 2.31 bits per heavy atom. The molecule has 7 heteroatoms. The lowest BCUT2D eigenvalue weighted by Gasteiger charge is -2.44. The average Bonchev–Trinajstić information content (AvgIpc) is 2.70. The van der Waals surface area contributed by atoms with E-state index in [1.54, 1.807) is 36.4 Å². The minimum Gasteiger partial charge on any atom is -0.484 e. The quantitative estimate of drug-likeness (QED) is 0.810. The van der Waals surface area contributed by atoms with E-state index >= 15 is 0 Å². The van der Waals surface area contributed by atoms with Crippen LogP contribution >= 0.6 is 0 Å². The summed E-state index contributed by atoms with van der Waals surface area (Å²) in [4.78, 5) is 27.9. The van der Waals surface area contributed by atoms with Gasteiger partial charge in [-0.1, -0.05) is 12.1 Å². The van der Waals surface area contributed by atoms with Gasteiger partial charge in [0.25, 0.3) is 5.91 Å². The number of ether oxygens (including phenoxy) is 1. The highest BCUT2D eigenvalue weighted by atomic mass is 19.1. The molecule has 29 heavy (non-hydrogen) atoms. The molecule has 2 atom stereocenters. The molecule has 1 aliphatic rings. The summed E-state index contributed by atoms with van der Waals surface area (Å²) in [5, 5.41) is 0. The minimum absolute atomic E-state index is 0.0417. The summed E-state index contributed by atoms with van der Waals surface area (Å²) in [6.45, 7) is 6.09. The summed E-state index contributed by atoms with van der Waals surface area (Å²) >= 11 is 0. The Bertz CT molecular complexity index is 855. The lowest BCUT2D eigenvalue weighted by molar-refractivity contribution is -0.139. The number of carbonyl (C=O) groups is 2. The molecule has 2 unspecified atom stereocenters. The molecule has 0 bridgehead atoms. The van der Waals surface area contributed by atoms with Crippen molar-refractivity contribution >= 4 is 11.8 Å². The molecule has 2 aromatic carbocycles. The first kappa shape index (κ1) is 20.8. The number of amides is 2. The van der Waals surface area contributed by atoms with Gasteiger partial charge < -0.3 is 15.4 Å². The molecule has 6 nitrogen and oxygen atoms in total. The molecule has 154 valence electrons. The predicted molar refractivity (Wildman–Crippen MR) is 108 cm³/mol. The molecule has 2 aromatic rings. The highest BCUT2D eigenvalue weighted by Gasteiger charge is 2.32. The number of hydrogen-bond donors (Lipinski definition) is 1. The topological polar surface area (TPSA) is 75.9 Å². The van der Waals surface area contributed by atoms with Gasteiger partial charge in [-0.25, -0.2) is 4.39 Å². The van der Waals surface area contributed by atoms with E-state index < -0.39 is 5.91 Å². The first-order valence-corrected chi connectivity index (χ1v) is 9.64. The molecule has 2 amide bonds. The Morgan fingerprint density at radius 1 is 1.03 bits per heavy atom. The van der Waals surface area contributed by atoms with Gasteiger partial charge in [-0.2, -0.15) is 0 Å². The Hall–Kier alpha value is -2.93. The third-order valence-corrected chi connectivity index (χ3v) is 5.24. The van der Waals surface area contributed by atoms with Crippen LogP contribution in [-0.4, -0.2) is 53.4 Å². The fourth-order valence-electron chi connectivity index (χ4n) is 3.53. The van der Waals surface area contributed by atoms with Gasteiger partial charge in [0.05, 0.1) is 0 Å². The summed E-state index contributed by atoms with van der Waals surface area (Å²) in [6, 6.07) is 13.1. The van der Waals surface area contributed by atoms with E-state index in [-0.39, 0.29) is 30.4 Å². The molecule has 0 radical (unpaired) electrons. The predicted octanol–water partition coefficient (Wildman–Crippen LogP) is 2.42. The van der Waals surface area contributed by atoms with Gasteiger partial charge in [-0.15, -0.1) is 0 Å². The molecule has 0 spiro atoms. The van der Waals surface area contributed by atoms with Crippen LogP contribution in [0.25, 0.3) is 0 Å². The fraction of sp³-hybridized carbons (Fsp3) is 0.364. The van der Waals surface area contributed by atoms with Crippen molar-refractivity contribution in [1.82, 2.24) is 9.80 Å². The highest BCUT2D eigenvalue weighted by molar-refractivity contribution is 5.92. The second kappa shape index (κ2) is 9.05. The van der Waals surface area contributed by atoms with Crippen LogP contribution in [0.2, 0.25) is 0 Å². The largest absolute Gasteiger partial charge is 0.484 e. The number of piperazine rings is 1. The van der Waals surface area contributed by atoms with Crippen molar-refractivity contribution in [1.29, 1.82) is 0 Å². The molecule has 1 aliphatic heterocycles. The lowest BCUT2D eigenvalue weighted by Crippen LogP contribution is -2.58. The van der Waals surface area contributed by atoms with Gasteiger partial charge in [0.1, 0.15) is 11.6 Å². The molecule has 2 N–H and O–H groups in total. The van der Waals surface area contributed by atoms with Crippen LogP contribution in [0.15, 0.2) is 48.5 Å². The van der Waals surface area contributed by atoms with Crippen molar-refractivity contribution in [2.24, 2.45) is 5.73 Å². The van der Waals surface area contributed by atoms with Crippen LogP contribution in [0.4, 0.5) is 4.39 Å². The van der Waals surface area contributed by atoms with Gasteiger partial charge in [0.15, 0.2) is 6.61 Å². The van der Waals surface area contributed by atoms with Crippen molar-refractivity contribution in [2.75, 3.05) is 19.7 Å².